The van der Waals surface area contributed by atoms with Crippen LogP contribution in [0.15, 0.2) is 54.6 Å². The van der Waals surface area contributed by atoms with Crippen LogP contribution in [0.3, 0.4) is 0 Å². The molecule has 1 heterocycles. The van der Waals surface area contributed by atoms with Crippen molar-refractivity contribution in [3.8, 4) is 0 Å². The Morgan fingerprint density at radius 2 is 1.73 bits per heavy atom. The summed E-state index contributed by atoms with van der Waals surface area (Å²) in [4.78, 5) is 40.9. The van der Waals surface area contributed by atoms with Crippen LogP contribution in [0, 0.1) is 5.92 Å². The van der Waals surface area contributed by atoms with E-state index < -0.39 is 18.1 Å². The third kappa shape index (κ3) is 4.19. The maximum Gasteiger partial charge on any atom is 0.414 e. The Morgan fingerprint density at radius 1 is 1.00 bits per heavy atom. The maximum absolute atomic E-state index is 13.3. The molecule has 0 radical (unpaired) electrons. The number of carboxylic acid groups (broad SMARTS) is 1. The highest BCUT2D eigenvalue weighted by Crippen LogP contribution is 2.54. The SMILES string of the molecule is [2H]C1(N(C(=O)CCC(=O)O)C2CC2)c2ccccc2N(C(=O)OCc2ccccc2)C2CCC21. The Hall–Kier alpha value is -3.35. The molecule has 33 heavy (non-hydrogen) atoms. The lowest BCUT2D eigenvalue weighted by atomic mass is 9.68. The summed E-state index contributed by atoms with van der Waals surface area (Å²) in [5.41, 5.74) is 2.08. The summed E-state index contributed by atoms with van der Waals surface area (Å²) in [6.07, 6.45) is 2.20. The second-order valence-corrected chi connectivity index (χ2v) is 8.95. The number of hydrogen-bond donors (Lipinski definition) is 1. The van der Waals surface area contributed by atoms with Crippen LogP contribution in [-0.4, -0.2) is 40.1 Å². The van der Waals surface area contributed by atoms with Crippen LogP contribution in [0.25, 0.3) is 0 Å². The molecule has 2 aromatic carbocycles. The van der Waals surface area contributed by atoms with Gasteiger partial charge in [0, 0.05) is 24.4 Å². The first kappa shape index (κ1) is 20.3. The van der Waals surface area contributed by atoms with Gasteiger partial charge >= 0.3 is 12.1 Å². The summed E-state index contributed by atoms with van der Waals surface area (Å²) in [5, 5.41) is 9.09. The minimum Gasteiger partial charge on any atom is -0.481 e. The fraction of sp³-hybridized carbons (Fsp3) is 0.423. The van der Waals surface area contributed by atoms with Crippen molar-refractivity contribution < 1.29 is 25.6 Å². The number of hydrogen-bond acceptors (Lipinski definition) is 4. The Kier molecular flexibility index (Phi) is 5.46. The molecule has 5 rings (SSSR count). The van der Waals surface area contributed by atoms with Crippen molar-refractivity contribution in [3.63, 3.8) is 0 Å². The van der Waals surface area contributed by atoms with Crippen molar-refractivity contribution in [2.45, 2.75) is 63.2 Å². The van der Waals surface area contributed by atoms with Crippen molar-refractivity contribution in [2.24, 2.45) is 5.92 Å². The predicted octanol–water partition coefficient (Wildman–Crippen LogP) is 4.52. The van der Waals surface area contributed by atoms with Gasteiger partial charge in [0.05, 0.1) is 19.5 Å². The number of aliphatic carboxylic acids is 1. The van der Waals surface area contributed by atoms with Gasteiger partial charge in [0.15, 0.2) is 0 Å². The topological polar surface area (TPSA) is 87.2 Å². The van der Waals surface area contributed by atoms with Gasteiger partial charge < -0.3 is 14.7 Å². The van der Waals surface area contributed by atoms with E-state index in [1.807, 2.05) is 54.6 Å². The van der Waals surface area contributed by atoms with E-state index in [0.29, 0.717) is 17.7 Å². The summed E-state index contributed by atoms with van der Waals surface area (Å²) < 4.78 is 15.3. The smallest absolute Gasteiger partial charge is 0.414 e. The minimum atomic E-state index is -1.34. The first-order valence-electron chi connectivity index (χ1n) is 12.0. The fourth-order valence-corrected chi connectivity index (χ4v) is 4.92. The summed E-state index contributed by atoms with van der Waals surface area (Å²) in [5.74, 6) is -1.59. The normalized spacial score (nSPS) is 25.7. The summed E-state index contributed by atoms with van der Waals surface area (Å²) in [7, 11) is 0. The van der Waals surface area contributed by atoms with E-state index in [4.69, 9.17) is 9.84 Å². The number of benzene rings is 2. The van der Waals surface area contributed by atoms with Crippen LogP contribution in [0.5, 0.6) is 0 Å². The number of carbonyl (C=O) groups is 3. The van der Waals surface area contributed by atoms with Crippen LogP contribution in [0.1, 0.15) is 57.0 Å². The Bertz CT molecular complexity index is 1110. The van der Waals surface area contributed by atoms with Gasteiger partial charge in [-0.2, -0.15) is 0 Å². The third-order valence-corrected chi connectivity index (χ3v) is 6.76. The number of rotatable bonds is 7. The van der Waals surface area contributed by atoms with Crippen LogP contribution in [0.4, 0.5) is 10.5 Å². The second-order valence-electron chi connectivity index (χ2n) is 8.95. The molecule has 1 N–H and O–H groups in total. The fourth-order valence-electron chi connectivity index (χ4n) is 4.92. The van der Waals surface area contributed by atoms with Crippen LogP contribution < -0.4 is 4.90 Å². The zero-order chi connectivity index (χ0) is 23.9. The van der Waals surface area contributed by atoms with Gasteiger partial charge in [-0.25, -0.2) is 4.79 Å². The molecular weight excluding hydrogens is 420 g/mol. The number of amides is 2. The van der Waals surface area contributed by atoms with Gasteiger partial charge in [-0.15, -0.1) is 0 Å². The van der Waals surface area contributed by atoms with E-state index in [1.54, 1.807) is 9.80 Å². The zero-order valence-electron chi connectivity index (χ0n) is 19.4. The monoisotopic (exact) mass is 449 g/mol. The van der Waals surface area contributed by atoms with E-state index in [-0.39, 0.29) is 43.4 Å². The molecule has 3 atom stereocenters. The van der Waals surface area contributed by atoms with E-state index in [9.17, 15) is 15.8 Å². The van der Waals surface area contributed by atoms with Crippen molar-refractivity contribution in [1.29, 1.82) is 0 Å². The van der Waals surface area contributed by atoms with E-state index in [2.05, 4.69) is 0 Å². The first-order chi connectivity index (χ1) is 16.4. The molecule has 2 saturated carbocycles. The second kappa shape index (κ2) is 8.89. The average molecular weight is 450 g/mol. The summed E-state index contributed by atoms with van der Waals surface area (Å²) in [6, 6.07) is 15.1. The molecule has 7 heteroatoms. The highest BCUT2D eigenvalue weighted by atomic mass is 16.6. The van der Waals surface area contributed by atoms with Gasteiger partial charge in [0.1, 0.15) is 6.61 Å². The highest BCUT2D eigenvalue weighted by molar-refractivity contribution is 5.91. The molecule has 3 aliphatic rings. The average Bonchev–Trinajstić information content (AvgIpc) is 3.64. The number of nitrogens with zero attached hydrogens (tertiary/aromatic N) is 2. The Labute approximate surface area is 194 Å². The number of fused-ring (bicyclic) bond motifs is 2. The molecule has 2 fully saturated rings. The van der Waals surface area contributed by atoms with Gasteiger partial charge in [-0.05, 0) is 42.9 Å². The maximum atomic E-state index is 13.3. The lowest BCUT2D eigenvalue weighted by Crippen LogP contribution is -2.59. The number of carbonyl (C=O) groups excluding carboxylic acids is 2. The minimum absolute atomic E-state index is 0.0651. The lowest BCUT2D eigenvalue weighted by Gasteiger charge is -2.54. The Balaban J connectivity index is 1.47. The van der Waals surface area contributed by atoms with Gasteiger partial charge in [-0.1, -0.05) is 48.5 Å². The van der Waals surface area contributed by atoms with E-state index in [0.717, 1.165) is 24.8 Å². The predicted molar refractivity (Wildman–Crippen MR) is 122 cm³/mol. The molecule has 7 nitrogen and oxygen atoms in total. The number of ether oxygens (including phenoxy) is 1. The quantitative estimate of drug-likeness (QED) is 0.672. The van der Waals surface area contributed by atoms with Crippen molar-refractivity contribution in [3.05, 3.63) is 65.7 Å². The van der Waals surface area contributed by atoms with Crippen LogP contribution in [-0.2, 0) is 20.9 Å². The van der Waals surface area contributed by atoms with Gasteiger partial charge in [-0.3, -0.25) is 14.5 Å². The van der Waals surface area contributed by atoms with Crippen molar-refractivity contribution >= 4 is 23.7 Å². The molecule has 2 amide bonds. The van der Waals surface area contributed by atoms with Crippen molar-refractivity contribution in [1.82, 2.24) is 4.90 Å². The molecular formula is C26H28N2O5. The molecule has 172 valence electrons. The highest BCUT2D eigenvalue weighted by Gasteiger charge is 2.53. The molecule has 0 bridgehead atoms. The number of anilines is 1. The Morgan fingerprint density at radius 3 is 2.39 bits per heavy atom. The number of carboxylic acids is 1. The van der Waals surface area contributed by atoms with Gasteiger partial charge in [0.2, 0.25) is 5.91 Å². The molecule has 0 saturated heterocycles. The zero-order valence-corrected chi connectivity index (χ0v) is 18.4. The molecule has 2 aliphatic carbocycles. The molecule has 0 spiro atoms. The van der Waals surface area contributed by atoms with Crippen LogP contribution >= 0.6 is 0 Å². The first-order valence-corrected chi connectivity index (χ1v) is 11.5. The molecule has 0 aromatic heterocycles. The summed E-state index contributed by atoms with van der Waals surface area (Å²) >= 11 is 0. The standard InChI is InChI=1S/C26H28N2O5/c29-23(14-15-24(30)31)27(18-10-11-18)25-19-8-4-5-9-21(19)28(22-13-12-20(22)25)26(32)33-16-17-6-2-1-3-7-17/h1-9,18,20,22,25H,10-16H2,(H,30,31)/i25D. The lowest BCUT2D eigenvalue weighted by molar-refractivity contribution is -0.143. The third-order valence-electron chi connectivity index (χ3n) is 6.76. The van der Waals surface area contributed by atoms with Gasteiger partial charge in [0.25, 0.3) is 0 Å². The van der Waals surface area contributed by atoms with E-state index >= 15 is 0 Å². The van der Waals surface area contributed by atoms with Crippen LogP contribution in [0.2, 0.25) is 0 Å². The molecule has 1 aliphatic heterocycles. The largest absolute Gasteiger partial charge is 0.481 e. The summed E-state index contributed by atoms with van der Waals surface area (Å²) in [6.45, 7) is 0.156. The molecule has 2 aromatic rings. The van der Waals surface area contributed by atoms with E-state index in [1.165, 1.54) is 0 Å². The molecule has 3 unspecified atom stereocenters. The number of para-hydroxylation sites is 1. The van der Waals surface area contributed by atoms with Crippen molar-refractivity contribution in [2.75, 3.05) is 4.90 Å².